The van der Waals surface area contributed by atoms with Crippen LogP contribution in [0.3, 0.4) is 0 Å². The van der Waals surface area contributed by atoms with Crippen LogP contribution >= 0.6 is 12.2 Å². The highest BCUT2D eigenvalue weighted by molar-refractivity contribution is 7.80. The van der Waals surface area contributed by atoms with Crippen molar-refractivity contribution < 1.29 is 9.18 Å². The highest BCUT2D eigenvalue weighted by Gasteiger charge is 2.10. The van der Waals surface area contributed by atoms with E-state index < -0.39 is 5.82 Å². The average molecular weight is 283 g/mol. The Bertz CT molecular complexity index is 475. The molecule has 6 heteroatoms. The van der Waals surface area contributed by atoms with Crippen LogP contribution in [0.4, 0.5) is 9.18 Å². The van der Waals surface area contributed by atoms with E-state index in [0.717, 1.165) is 0 Å². The van der Waals surface area contributed by atoms with Gasteiger partial charge < -0.3 is 16.0 Å². The van der Waals surface area contributed by atoms with Crippen molar-refractivity contribution in [2.45, 2.75) is 20.4 Å². The molecule has 104 valence electrons. The first-order chi connectivity index (χ1) is 8.99. The van der Waals surface area contributed by atoms with Gasteiger partial charge in [0.15, 0.2) is 0 Å². The average Bonchev–Trinajstić information content (AvgIpc) is 2.38. The van der Waals surface area contributed by atoms with E-state index >= 15 is 0 Å². The zero-order valence-electron chi connectivity index (χ0n) is 11.1. The molecule has 0 heterocycles. The summed E-state index contributed by atoms with van der Waals surface area (Å²) in [6, 6.07) is 4.29. The molecule has 0 radical (unpaired) electrons. The minimum atomic E-state index is -0.426. The van der Waals surface area contributed by atoms with Crippen molar-refractivity contribution >= 4 is 23.2 Å². The maximum Gasteiger partial charge on any atom is 0.317 e. The first kappa shape index (κ1) is 15.4. The standard InChI is InChI=1S/C13H18FN3OS/c1-3-17(4-2)13(18)16-8-10-6-5-9(12(15)19)7-11(10)14/h5-7H,3-4,8H2,1-2H3,(H2,15,19)(H,16,18). The van der Waals surface area contributed by atoms with E-state index in [4.69, 9.17) is 18.0 Å². The summed E-state index contributed by atoms with van der Waals surface area (Å²) in [5, 5.41) is 2.67. The second-order valence-electron chi connectivity index (χ2n) is 4.00. The minimum absolute atomic E-state index is 0.138. The smallest absolute Gasteiger partial charge is 0.317 e. The summed E-state index contributed by atoms with van der Waals surface area (Å²) in [7, 11) is 0. The molecule has 0 aliphatic rings. The lowest BCUT2D eigenvalue weighted by molar-refractivity contribution is 0.202. The second-order valence-corrected chi connectivity index (χ2v) is 4.44. The van der Waals surface area contributed by atoms with E-state index in [1.807, 2.05) is 13.8 Å². The molecule has 1 aromatic carbocycles. The number of rotatable bonds is 5. The Labute approximate surface area is 117 Å². The van der Waals surface area contributed by atoms with E-state index in [2.05, 4.69) is 5.32 Å². The second kappa shape index (κ2) is 7.04. The normalized spacial score (nSPS) is 10.1. The molecule has 1 rings (SSSR count). The maximum absolute atomic E-state index is 13.7. The zero-order chi connectivity index (χ0) is 14.4. The number of carbonyl (C=O) groups is 1. The highest BCUT2D eigenvalue weighted by atomic mass is 32.1. The molecule has 0 saturated heterocycles. The summed E-state index contributed by atoms with van der Waals surface area (Å²) in [4.78, 5) is 13.5. The Hall–Kier alpha value is -1.69. The molecule has 0 bridgehead atoms. The summed E-state index contributed by atoms with van der Waals surface area (Å²) >= 11 is 4.77. The maximum atomic E-state index is 13.7. The van der Waals surface area contributed by atoms with Crippen LogP contribution in [-0.4, -0.2) is 29.0 Å². The molecular weight excluding hydrogens is 265 g/mol. The fourth-order valence-corrected chi connectivity index (χ4v) is 1.76. The van der Waals surface area contributed by atoms with Gasteiger partial charge in [0, 0.05) is 30.8 Å². The molecule has 0 aliphatic carbocycles. The number of urea groups is 1. The van der Waals surface area contributed by atoms with Crippen LogP contribution in [0.2, 0.25) is 0 Å². The largest absolute Gasteiger partial charge is 0.389 e. The van der Waals surface area contributed by atoms with Gasteiger partial charge in [-0.2, -0.15) is 0 Å². The quantitative estimate of drug-likeness (QED) is 0.813. The number of benzene rings is 1. The third kappa shape index (κ3) is 4.17. The van der Waals surface area contributed by atoms with Crippen LogP contribution in [0.1, 0.15) is 25.0 Å². The fraction of sp³-hybridized carbons (Fsp3) is 0.385. The molecule has 3 N–H and O–H groups in total. The first-order valence-electron chi connectivity index (χ1n) is 6.10. The van der Waals surface area contributed by atoms with Gasteiger partial charge in [-0.05, 0) is 19.9 Å². The van der Waals surface area contributed by atoms with Gasteiger partial charge in [-0.15, -0.1) is 0 Å². The van der Waals surface area contributed by atoms with Crippen molar-refractivity contribution in [3.63, 3.8) is 0 Å². The van der Waals surface area contributed by atoms with Gasteiger partial charge >= 0.3 is 6.03 Å². The Morgan fingerprint density at radius 3 is 2.53 bits per heavy atom. The molecule has 0 unspecified atom stereocenters. The van der Waals surface area contributed by atoms with Crippen LogP contribution < -0.4 is 11.1 Å². The zero-order valence-corrected chi connectivity index (χ0v) is 11.9. The van der Waals surface area contributed by atoms with Crippen LogP contribution in [0, 0.1) is 5.82 Å². The SMILES string of the molecule is CCN(CC)C(=O)NCc1ccc(C(N)=S)cc1F. The number of halogens is 1. The Morgan fingerprint density at radius 1 is 1.42 bits per heavy atom. The molecule has 0 atom stereocenters. The van der Waals surface area contributed by atoms with Gasteiger partial charge in [0.1, 0.15) is 10.8 Å². The molecule has 0 aromatic heterocycles. The lowest BCUT2D eigenvalue weighted by atomic mass is 10.1. The van der Waals surface area contributed by atoms with Crippen molar-refractivity contribution in [3.05, 3.63) is 35.1 Å². The summed E-state index contributed by atoms with van der Waals surface area (Å²) in [6.07, 6.45) is 0. The number of amides is 2. The molecule has 0 fully saturated rings. The number of nitrogens with zero attached hydrogens (tertiary/aromatic N) is 1. The number of hydrogen-bond acceptors (Lipinski definition) is 2. The van der Waals surface area contributed by atoms with Crippen molar-refractivity contribution in [2.24, 2.45) is 5.73 Å². The van der Waals surface area contributed by atoms with E-state index in [1.165, 1.54) is 6.07 Å². The molecule has 0 saturated carbocycles. The van der Waals surface area contributed by atoms with Gasteiger partial charge in [-0.1, -0.05) is 24.4 Å². The molecule has 1 aromatic rings. The molecule has 19 heavy (non-hydrogen) atoms. The molecule has 2 amide bonds. The van der Waals surface area contributed by atoms with Gasteiger partial charge in [-0.3, -0.25) is 0 Å². The third-order valence-corrected chi connectivity index (χ3v) is 3.05. The van der Waals surface area contributed by atoms with E-state index in [9.17, 15) is 9.18 Å². The lowest BCUT2D eigenvalue weighted by Gasteiger charge is -2.19. The van der Waals surface area contributed by atoms with Crippen LogP contribution in [0.25, 0.3) is 0 Å². The molecule has 0 aliphatic heterocycles. The molecular formula is C13H18FN3OS. The Balaban J connectivity index is 2.68. The predicted octanol–water partition coefficient (Wildman–Crippen LogP) is 2.01. The van der Waals surface area contributed by atoms with Crippen molar-refractivity contribution in [1.29, 1.82) is 0 Å². The van der Waals surface area contributed by atoms with Gasteiger partial charge in [-0.25, -0.2) is 9.18 Å². The fourth-order valence-electron chi connectivity index (χ4n) is 1.64. The number of thiocarbonyl (C=S) groups is 1. The van der Waals surface area contributed by atoms with E-state index in [0.29, 0.717) is 24.2 Å². The minimum Gasteiger partial charge on any atom is -0.389 e. The summed E-state index contributed by atoms with van der Waals surface area (Å²) < 4.78 is 13.7. The van der Waals surface area contributed by atoms with Crippen LogP contribution in [0.15, 0.2) is 18.2 Å². The number of nitrogens with two attached hydrogens (primary N) is 1. The predicted molar refractivity (Wildman–Crippen MR) is 77.4 cm³/mol. The Morgan fingerprint density at radius 2 is 2.05 bits per heavy atom. The summed E-state index contributed by atoms with van der Waals surface area (Å²) in [5.74, 6) is -0.426. The number of hydrogen-bond donors (Lipinski definition) is 2. The van der Waals surface area contributed by atoms with Crippen LogP contribution in [-0.2, 0) is 6.54 Å². The van der Waals surface area contributed by atoms with Crippen molar-refractivity contribution in [1.82, 2.24) is 10.2 Å². The third-order valence-electron chi connectivity index (χ3n) is 2.82. The Kier molecular flexibility index (Phi) is 5.69. The molecule has 0 spiro atoms. The van der Waals surface area contributed by atoms with Crippen LogP contribution in [0.5, 0.6) is 0 Å². The van der Waals surface area contributed by atoms with Crippen molar-refractivity contribution in [2.75, 3.05) is 13.1 Å². The summed E-state index contributed by atoms with van der Waals surface area (Å²) in [5.41, 5.74) is 6.30. The van der Waals surface area contributed by atoms with Gasteiger partial charge in [0.2, 0.25) is 0 Å². The number of nitrogens with one attached hydrogen (secondary N) is 1. The summed E-state index contributed by atoms with van der Waals surface area (Å²) in [6.45, 7) is 5.15. The lowest BCUT2D eigenvalue weighted by Crippen LogP contribution is -2.39. The molecule has 4 nitrogen and oxygen atoms in total. The number of carbonyl (C=O) groups excluding carboxylic acids is 1. The van der Waals surface area contributed by atoms with Gasteiger partial charge in [0.05, 0.1) is 0 Å². The first-order valence-corrected chi connectivity index (χ1v) is 6.51. The topological polar surface area (TPSA) is 58.4 Å². The van der Waals surface area contributed by atoms with Crippen molar-refractivity contribution in [3.8, 4) is 0 Å². The van der Waals surface area contributed by atoms with E-state index in [-0.39, 0.29) is 17.6 Å². The monoisotopic (exact) mass is 283 g/mol. The highest BCUT2D eigenvalue weighted by Crippen LogP contribution is 2.10. The van der Waals surface area contributed by atoms with Gasteiger partial charge in [0.25, 0.3) is 0 Å². The van der Waals surface area contributed by atoms with E-state index in [1.54, 1.807) is 17.0 Å².